The molecule has 0 unspecified atom stereocenters. The summed E-state index contributed by atoms with van der Waals surface area (Å²) in [6.45, 7) is 4.63. The van der Waals surface area contributed by atoms with Crippen LogP contribution in [0.25, 0.3) is 11.1 Å². The Hall–Kier alpha value is -1.34. The molecule has 0 fully saturated rings. The molecule has 0 atom stereocenters. The van der Waals surface area contributed by atoms with Crippen LogP contribution in [0.15, 0.2) is 60.7 Å². The number of hydrogen-bond acceptors (Lipinski definition) is 0. The van der Waals surface area contributed by atoms with Crippen LogP contribution in [0.5, 0.6) is 0 Å². The summed E-state index contributed by atoms with van der Waals surface area (Å²) in [5.41, 5.74) is 5.65. The van der Waals surface area contributed by atoms with E-state index in [0.717, 1.165) is 5.33 Å². The normalized spacial score (nSPS) is 15.6. The van der Waals surface area contributed by atoms with E-state index in [4.69, 9.17) is 0 Å². The van der Waals surface area contributed by atoms with Gasteiger partial charge < -0.3 is 0 Å². The average Bonchev–Trinajstić information content (AvgIpc) is 2.77. The Morgan fingerprint density at radius 2 is 1.45 bits per heavy atom. The maximum Gasteiger partial charge on any atom is 0.0417 e. The molecule has 0 bridgehead atoms. The average molecular weight is 327 g/mol. The minimum Gasteiger partial charge on any atom is -0.0883 e. The van der Waals surface area contributed by atoms with Gasteiger partial charge in [-0.1, -0.05) is 90.5 Å². The lowest BCUT2D eigenvalue weighted by molar-refractivity contribution is 0.462. The molecule has 0 aliphatic heterocycles. The molecule has 0 aromatic heterocycles. The molecule has 0 amide bonds. The third-order valence-corrected chi connectivity index (χ3v) is 4.79. The highest BCUT2D eigenvalue weighted by Crippen LogP contribution is 2.53. The predicted octanol–water partition coefficient (Wildman–Crippen LogP) is 5.56. The van der Waals surface area contributed by atoms with Crippen molar-refractivity contribution in [3.05, 3.63) is 71.8 Å². The van der Waals surface area contributed by atoms with Gasteiger partial charge in [0.1, 0.15) is 0 Å². The lowest BCUT2D eigenvalue weighted by atomic mass is 9.69. The van der Waals surface area contributed by atoms with Gasteiger partial charge in [0.15, 0.2) is 0 Å². The summed E-state index contributed by atoms with van der Waals surface area (Å²) in [5.74, 6) is 0.516. The molecule has 20 heavy (non-hydrogen) atoms. The van der Waals surface area contributed by atoms with E-state index in [1.807, 2.05) is 0 Å². The van der Waals surface area contributed by atoms with Crippen LogP contribution >= 0.6 is 15.9 Å². The van der Waals surface area contributed by atoms with Gasteiger partial charge in [0.25, 0.3) is 0 Å². The lowest BCUT2D eigenvalue weighted by Gasteiger charge is -2.33. The Morgan fingerprint density at radius 3 is 1.90 bits per heavy atom. The minimum absolute atomic E-state index is 0.000949. The van der Waals surface area contributed by atoms with E-state index in [9.17, 15) is 0 Å². The van der Waals surface area contributed by atoms with E-state index < -0.39 is 0 Å². The second kappa shape index (κ2) is 5.21. The number of alkyl halides is 1. The summed E-state index contributed by atoms with van der Waals surface area (Å²) in [6, 6.07) is 17.7. The van der Waals surface area contributed by atoms with Crippen molar-refractivity contribution in [1.29, 1.82) is 0 Å². The first kappa shape index (κ1) is 13.6. The standard InChI is InChI=1S/C19H19Br/c1-14(2)19(12-7-13-20)17-10-5-3-8-15(17)16-9-4-6-11-18(16)19/h3-12,14H,13H2,1-2H3/b12-7+. The second-order valence-corrected chi connectivity index (χ2v) is 6.32. The van der Waals surface area contributed by atoms with Gasteiger partial charge in [-0.3, -0.25) is 0 Å². The van der Waals surface area contributed by atoms with Crippen LogP contribution in [-0.4, -0.2) is 5.33 Å². The molecular formula is C19H19Br. The van der Waals surface area contributed by atoms with E-state index in [1.54, 1.807) is 0 Å². The Labute approximate surface area is 129 Å². The van der Waals surface area contributed by atoms with Crippen molar-refractivity contribution >= 4 is 15.9 Å². The van der Waals surface area contributed by atoms with Crippen LogP contribution in [0.4, 0.5) is 0 Å². The number of hydrogen-bond donors (Lipinski definition) is 0. The third-order valence-electron chi connectivity index (χ3n) is 4.42. The molecule has 2 aromatic rings. The number of allylic oxidation sites excluding steroid dienone is 2. The highest BCUT2D eigenvalue weighted by Gasteiger charge is 2.43. The highest BCUT2D eigenvalue weighted by atomic mass is 79.9. The van der Waals surface area contributed by atoms with Gasteiger partial charge >= 0.3 is 0 Å². The second-order valence-electron chi connectivity index (χ2n) is 5.67. The number of rotatable bonds is 3. The third kappa shape index (κ3) is 1.80. The van der Waals surface area contributed by atoms with Crippen molar-refractivity contribution in [1.82, 2.24) is 0 Å². The summed E-state index contributed by atoms with van der Waals surface area (Å²) in [5, 5.41) is 0.895. The first-order chi connectivity index (χ1) is 9.71. The molecule has 102 valence electrons. The van der Waals surface area contributed by atoms with Crippen molar-refractivity contribution in [3.8, 4) is 11.1 Å². The van der Waals surface area contributed by atoms with Crippen molar-refractivity contribution < 1.29 is 0 Å². The molecule has 1 aliphatic carbocycles. The maximum absolute atomic E-state index is 3.52. The molecule has 0 spiro atoms. The molecule has 3 rings (SSSR count). The minimum atomic E-state index is 0.000949. The van der Waals surface area contributed by atoms with Crippen LogP contribution in [0.1, 0.15) is 25.0 Å². The topological polar surface area (TPSA) is 0 Å². The summed E-state index contributed by atoms with van der Waals surface area (Å²) < 4.78 is 0. The zero-order valence-electron chi connectivity index (χ0n) is 11.9. The molecule has 0 nitrogen and oxygen atoms in total. The van der Waals surface area contributed by atoms with Crippen molar-refractivity contribution in [2.45, 2.75) is 19.3 Å². The van der Waals surface area contributed by atoms with Gasteiger partial charge in [0.2, 0.25) is 0 Å². The molecule has 0 N–H and O–H groups in total. The molecular weight excluding hydrogens is 308 g/mol. The Morgan fingerprint density at radius 1 is 0.950 bits per heavy atom. The summed E-state index contributed by atoms with van der Waals surface area (Å²) in [6.07, 6.45) is 4.62. The Balaban J connectivity index is 2.36. The number of fused-ring (bicyclic) bond motifs is 3. The first-order valence-corrected chi connectivity index (χ1v) is 8.27. The zero-order valence-corrected chi connectivity index (χ0v) is 13.5. The molecule has 0 heterocycles. The quantitative estimate of drug-likeness (QED) is 0.511. The van der Waals surface area contributed by atoms with Crippen LogP contribution in [-0.2, 0) is 5.41 Å². The summed E-state index contributed by atoms with van der Waals surface area (Å²) in [7, 11) is 0. The molecule has 1 aliphatic rings. The van der Waals surface area contributed by atoms with Gasteiger partial charge in [-0.2, -0.15) is 0 Å². The van der Waals surface area contributed by atoms with Crippen molar-refractivity contribution in [2.75, 3.05) is 5.33 Å². The monoisotopic (exact) mass is 326 g/mol. The van der Waals surface area contributed by atoms with E-state index in [1.165, 1.54) is 22.3 Å². The van der Waals surface area contributed by atoms with E-state index in [-0.39, 0.29) is 5.41 Å². The summed E-state index contributed by atoms with van der Waals surface area (Å²) in [4.78, 5) is 0. The zero-order chi connectivity index (χ0) is 14.2. The predicted molar refractivity (Wildman–Crippen MR) is 90.4 cm³/mol. The largest absolute Gasteiger partial charge is 0.0883 e. The van der Waals surface area contributed by atoms with Crippen LogP contribution in [0.3, 0.4) is 0 Å². The molecule has 0 saturated heterocycles. The van der Waals surface area contributed by atoms with Gasteiger partial charge in [-0.05, 0) is 28.2 Å². The molecule has 0 saturated carbocycles. The Kier molecular flexibility index (Phi) is 3.55. The van der Waals surface area contributed by atoms with Crippen LogP contribution in [0, 0.1) is 5.92 Å². The smallest absolute Gasteiger partial charge is 0.0417 e. The molecule has 2 aromatic carbocycles. The Bertz CT molecular complexity index is 607. The SMILES string of the molecule is CC(C)C1(/C=C/CBr)c2ccccc2-c2ccccc21. The fourth-order valence-electron chi connectivity index (χ4n) is 3.53. The fraction of sp³-hybridized carbons (Fsp3) is 0.263. The van der Waals surface area contributed by atoms with Crippen molar-refractivity contribution in [2.24, 2.45) is 5.92 Å². The van der Waals surface area contributed by atoms with Gasteiger partial charge in [0.05, 0.1) is 0 Å². The number of benzene rings is 2. The first-order valence-electron chi connectivity index (χ1n) is 7.15. The van der Waals surface area contributed by atoms with Gasteiger partial charge in [-0.25, -0.2) is 0 Å². The van der Waals surface area contributed by atoms with Crippen LogP contribution in [0.2, 0.25) is 0 Å². The lowest BCUT2D eigenvalue weighted by Crippen LogP contribution is -2.29. The van der Waals surface area contributed by atoms with E-state index in [0.29, 0.717) is 5.92 Å². The number of halogens is 1. The van der Waals surface area contributed by atoms with E-state index >= 15 is 0 Å². The molecule has 0 radical (unpaired) electrons. The van der Waals surface area contributed by atoms with E-state index in [2.05, 4.69) is 90.5 Å². The highest BCUT2D eigenvalue weighted by molar-refractivity contribution is 9.09. The van der Waals surface area contributed by atoms with Gasteiger partial charge in [0, 0.05) is 10.7 Å². The summed E-state index contributed by atoms with van der Waals surface area (Å²) >= 11 is 3.52. The maximum atomic E-state index is 3.52. The van der Waals surface area contributed by atoms with Gasteiger partial charge in [-0.15, -0.1) is 0 Å². The fourth-order valence-corrected chi connectivity index (χ4v) is 3.71. The molecule has 1 heteroatoms. The van der Waals surface area contributed by atoms with Crippen LogP contribution < -0.4 is 0 Å². The van der Waals surface area contributed by atoms with Crippen molar-refractivity contribution in [3.63, 3.8) is 0 Å².